The molecule has 0 amide bonds. The molecule has 0 atom stereocenters. The second kappa shape index (κ2) is 23.0. The van der Waals surface area contributed by atoms with Crippen LogP contribution in [0.3, 0.4) is 0 Å². The molecule has 0 aliphatic rings. The number of hydrogen-bond donors (Lipinski definition) is 0. The van der Waals surface area contributed by atoms with E-state index in [4.69, 9.17) is 0 Å². The van der Waals surface area contributed by atoms with Crippen LogP contribution < -0.4 is 4.57 Å². The lowest BCUT2D eigenvalue weighted by Gasteiger charge is -2.06. The van der Waals surface area contributed by atoms with Crippen molar-refractivity contribution < 1.29 is 4.57 Å². The number of hydrogen-bond acceptors (Lipinski definition) is 0. The number of rotatable bonds is 25. The minimum Gasteiger partial charge on any atom is -0.235 e. The monoisotopic (exact) mass is 461 g/mol. The Morgan fingerprint density at radius 1 is 0.515 bits per heavy atom. The van der Waals surface area contributed by atoms with Crippen LogP contribution in [0, 0.1) is 0 Å². The van der Waals surface area contributed by atoms with E-state index >= 15 is 0 Å². The van der Waals surface area contributed by atoms with Crippen LogP contribution in [0.25, 0.3) is 0 Å². The van der Waals surface area contributed by atoms with Gasteiger partial charge in [-0.05, 0) is 26.2 Å². The molecule has 1 aromatic rings. The van der Waals surface area contributed by atoms with Crippen molar-refractivity contribution in [1.29, 1.82) is 0 Å². The molecule has 1 rings (SSSR count). The van der Waals surface area contributed by atoms with Crippen molar-refractivity contribution >= 4 is 0 Å². The third kappa shape index (κ3) is 16.5. The first-order valence-corrected chi connectivity index (χ1v) is 15.4. The Bertz CT molecular complexity index is 519. The van der Waals surface area contributed by atoms with Gasteiger partial charge in [-0.3, -0.25) is 0 Å². The third-order valence-corrected chi connectivity index (χ3v) is 7.44. The molecule has 0 aliphatic carbocycles. The van der Waals surface area contributed by atoms with Crippen molar-refractivity contribution in [2.45, 2.75) is 182 Å². The van der Waals surface area contributed by atoms with Crippen LogP contribution in [-0.2, 0) is 19.5 Å². The Kier molecular flexibility index (Phi) is 21.1. The fourth-order valence-electron chi connectivity index (χ4n) is 5.17. The maximum Gasteiger partial charge on any atom is 0.256 e. The Morgan fingerprint density at radius 3 is 1.33 bits per heavy atom. The van der Waals surface area contributed by atoms with Crippen molar-refractivity contribution in [3.05, 3.63) is 18.2 Å². The number of imidazole rings is 1. The SMILES string of the molecule is CCCCCCCCCCCCCc1n(CCCCCCCCCCCCC)cc[n+]1CC. The predicted octanol–water partition coefficient (Wildman–Crippen LogP) is 9.96. The number of unbranched alkanes of at least 4 members (excludes halogenated alkanes) is 20. The van der Waals surface area contributed by atoms with Gasteiger partial charge in [0, 0.05) is 6.42 Å². The molecule has 0 unspecified atom stereocenters. The van der Waals surface area contributed by atoms with Gasteiger partial charge in [0.05, 0.1) is 13.1 Å². The Balaban J connectivity index is 2.07. The number of aryl methyl sites for hydroxylation is 2. The molecule has 0 N–H and O–H groups in total. The zero-order chi connectivity index (χ0) is 23.8. The summed E-state index contributed by atoms with van der Waals surface area (Å²) in [5.74, 6) is 1.57. The standard InChI is InChI=1S/C31H61N2/c1-4-7-9-11-13-15-17-19-21-23-25-27-31-32(6-3)29-30-33(31)28-26-24-22-20-18-16-14-12-10-8-5-2/h29-30H,4-28H2,1-3H3/q+1. The average molecular weight is 462 g/mol. The van der Waals surface area contributed by atoms with Crippen LogP contribution in [0.5, 0.6) is 0 Å². The minimum atomic E-state index is 1.11. The summed E-state index contributed by atoms with van der Waals surface area (Å²) < 4.78 is 5.04. The van der Waals surface area contributed by atoms with Crippen molar-refractivity contribution in [1.82, 2.24) is 4.57 Å². The molecule has 0 bridgehead atoms. The van der Waals surface area contributed by atoms with E-state index in [1.54, 1.807) is 5.82 Å². The first kappa shape index (κ1) is 30.2. The van der Waals surface area contributed by atoms with Crippen LogP contribution in [0.1, 0.15) is 168 Å². The molecule has 0 aliphatic heterocycles. The third-order valence-electron chi connectivity index (χ3n) is 7.44. The minimum absolute atomic E-state index is 1.11. The van der Waals surface area contributed by atoms with Gasteiger partial charge in [0.1, 0.15) is 12.4 Å². The van der Waals surface area contributed by atoms with Crippen molar-refractivity contribution in [3.8, 4) is 0 Å². The summed E-state index contributed by atoms with van der Waals surface area (Å²) >= 11 is 0. The normalized spacial score (nSPS) is 11.5. The fraction of sp³-hybridized carbons (Fsp3) is 0.903. The lowest BCUT2D eigenvalue weighted by Crippen LogP contribution is -2.36. The molecule has 33 heavy (non-hydrogen) atoms. The molecular formula is C31H61N2+. The van der Waals surface area contributed by atoms with Gasteiger partial charge in [-0.15, -0.1) is 0 Å². The highest BCUT2D eigenvalue weighted by Crippen LogP contribution is 2.14. The number of nitrogens with zero attached hydrogens (tertiary/aromatic N) is 2. The van der Waals surface area contributed by atoms with Crippen LogP contribution in [-0.4, -0.2) is 4.57 Å². The highest BCUT2D eigenvalue weighted by atomic mass is 15.1. The smallest absolute Gasteiger partial charge is 0.235 e. The average Bonchev–Trinajstić information content (AvgIpc) is 3.22. The lowest BCUT2D eigenvalue weighted by atomic mass is 10.1. The van der Waals surface area contributed by atoms with Gasteiger partial charge in [-0.25, -0.2) is 9.13 Å². The van der Waals surface area contributed by atoms with Gasteiger partial charge in [0.15, 0.2) is 0 Å². The molecule has 2 heteroatoms. The first-order valence-electron chi connectivity index (χ1n) is 15.4. The van der Waals surface area contributed by atoms with Crippen LogP contribution >= 0.6 is 0 Å². The molecule has 0 saturated heterocycles. The van der Waals surface area contributed by atoms with E-state index in [1.165, 1.54) is 154 Å². The van der Waals surface area contributed by atoms with Crippen LogP contribution in [0.2, 0.25) is 0 Å². The maximum absolute atomic E-state index is 2.56. The van der Waals surface area contributed by atoms with Gasteiger partial charge in [-0.2, -0.15) is 0 Å². The maximum atomic E-state index is 2.56. The summed E-state index contributed by atoms with van der Waals surface area (Å²) in [5.41, 5.74) is 0. The molecule has 2 nitrogen and oxygen atoms in total. The van der Waals surface area contributed by atoms with E-state index in [0.29, 0.717) is 0 Å². The molecule has 1 aromatic heterocycles. The molecule has 0 fully saturated rings. The van der Waals surface area contributed by atoms with Crippen molar-refractivity contribution in [2.75, 3.05) is 0 Å². The van der Waals surface area contributed by atoms with Gasteiger partial charge in [0.2, 0.25) is 0 Å². The lowest BCUT2D eigenvalue weighted by molar-refractivity contribution is -0.700. The number of aromatic nitrogens is 2. The highest BCUT2D eigenvalue weighted by molar-refractivity contribution is 4.84. The zero-order valence-electron chi connectivity index (χ0n) is 23.2. The van der Waals surface area contributed by atoms with Gasteiger partial charge >= 0.3 is 0 Å². The van der Waals surface area contributed by atoms with E-state index in [0.717, 1.165) is 6.54 Å². The molecular weight excluding hydrogens is 400 g/mol. The summed E-state index contributed by atoms with van der Waals surface area (Å²) in [5, 5.41) is 0. The van der Waals surface area contributed by atoms with E-state index in [2.05, 4.69) is 42.3 Å². The molecule has 0 aromatic carbocycles. The Labute approximate surface area is 208 Å². The van der Waals surface area contributed by atoms with Crippen LogP contribution in [0.4, 0.5) is 0 Å². The van der Waals surface area contributed by atoms with Crippen molar-refractivity contribution in [3.63, 3.8) is 0 Å². The summed E-state index contributed by atoms with van der Waals surface area (Å²) in [4.78, 5) is 0. The summed E-state index contributed by atoms with van der Waals surface area (Å²) in [6, 6.07) is 0. The molecule has 0 spiro atoms. The fourth-order valence-corrected chi connectivity index (χ4v) is 5.17. The molecule has 0 radical (unpaired) electrons. The van der Waals surface area contributed by atoms with Gasteiger partial charge in [0.25, 0.3) is 5.82 Å². The second-order valence-corrected chi connectivity index (χ2v) is 10.5. The largest absolute Gasteiger partial charge is 0.256 e. The Morgan fingerprint density at radius 2 is 0.909 bits per heavy atom. The van der Waals surface area contributed by atoms with E-state index in [1.807, 2.05) is 0 Å². The molecule has 1 heterocycles. The quantitative estimate of drug-likeness (QED) is 0.101. The van der Waals surface area contributed by atoms with Crippen LogP contribution in [0.15, 0.2) is 12.4 Å². The molecule has 194 valence electrons. The van der Waals surface area contributed by atoms with Crippen molar-refractivity contribution in [2.24, 2.45) is 0 Å². The summed E-state index contributed by atoms with van der Waals surface area (Å²) in [7, 11) is 0. The highest BCUT2D eigenvalue weighted by Gasteiger charge is 2.15. The second-order valence-electron chi connectivity index (χ2n) is 10.5. The van der Waals surface area contributed by atoms with E-state index in [9.17, 15) is 0 Å². The van der Waals surface area contributed by atoms with Gasteiger partial charge < -0.3 is 0 Å². The topological polar surface area (TPSA) is 8.81 Å². The summed E-state index contributed by atoms with van der Waals surface area (Å²) in [6.07, 6.45) is 37.3. The Hall–Kier alpha value is -0.790. The van der Waals surface area contributed by atoms with E-state index < -0.39 is 0 Å². The predicted molar refractivity (Wildman–Crippen MR) is 147 cm³/mol. The van der Waals surface area contributed by atoms with Gasteiger partial charge in [-0.1, -0.05) is 136 Å². The first-order chi connectivity index (χ1) is 16.3. The zero-order valence-corrected chi connectivity index (χ0v) is 23.2. The summed E-state index contributed by atoms with van der Waals surface area (Å²) in [6.45, 7) is 9.22. The molecule has 0 saturated carbocycles. The van der Waals surface area contributed by atoms with E-state index in [-0.39, 0.29) is 0 Å².